The molecule has 1 aliphatic heterocycles. The van der Waals surface area contributed by atoms with Crippen molar-refractivity contribution in [2.75, 3.05) is 11.9 Å². The van der Waals surface area contributed by atoms with Crippen LogP contribution in [0.1, 0.15) is 30.5 Å². The van der Waals surface area contributed by atoms with Crippen molar-refractivity contribution in [1.29, 1.82) is 0 Å². The van der Waals surface area contributed by atoms with Gasteiger partial charge in [-0.1, -0.05) is 31.2 Å². The first-order valence-corrected chi connectivity index (χ1v) is 9.25. The highest BCUT2D eigenvalue weighted by Gasteiger charge is 2.50. The Bertz CT molecular complexity index is 1010. The topological polar surface area (TPSA) is 78.5 Å². The second-order valence-corrected chi connectivity index (χ2v) is 7.13. The third-order valence-electron chi connectivity index (χ3n) is 4.96. The largest absolute Gasteiger partial charge is 0.416 e. The van der Waals surface area contributed by atoms with Gasteiger partial charge in [0.2, 0.25) is 5.91 Å². The van der Waals surface area contributed by atoms with Crippen LogP contribution in [0.5, 0.6) is 0 Å². The number of alkyl halides is 3. The third kappa shape index (κ3) is 4.14. The van der Waals surface area contributed by atoms with E-state index in [9.17, 15) is 27.6 Å². The average molecular weight is 419 g/mol. The van der Waals surface area contributed by atoms with E-state index in [-0.39, 0.29) is 5.56 Å². The Morgan fingerprint density at radius 3 is 2.50 bits per heavy atom. The SMILES string of the molecule is CCc1cccc(NC(=O)CN2C(=O)N[C@@](C)(c3cccc(C(F)(F)F)c3)C2=O)c1. The highest BCUT2D eigenvalue weighted by Crippen LogP contribution is 2.34. The Balaban J connectivity index is 1.78. The number of urea groups is 1. The lowest BCUT2D eigenvalue weighted by Gasteiger charge is -2.23. The molecule has 6 nitrogen and oxygen atoms in total. The van der Waals surface area contributed by atoms with Gasteiger partial charge >= 0.3 is 12.2 Å². The van der Waals surface area contributed by atoms with Crippen LogP contribution < -0.4 is 10.6 Å². The summed E-state index contributed by atoms with van der Waals surface area (Å²) in [5.74, 6) is -1.40. The lowest BCUT2D eigenvalue weighted by Crippen LogP contribution is -2.42. The van der Waals surface area contributed by atoms with Crippen molar-refractivity contribution in [2.24, 2.45) is 0 Å². The van der Waals surface area contributed by atoms with Gasteiger partial charge in [-0.2, -0.15) is 13.2 Å². The minimum Gasteiger partial charge on any atom is -0.325 e. The van der Waals surface area contributed by atoms with Crippen molar-refractivity contribution in [3.63, 3.8) is 0 Å². The number of benzene rings is 2. The number of nitrogens with zero attached hydrogens (tertiary/aromatic N) is 1. The van der Waals surface area contributed by atoms with Crippen molar-refractivity contribution in [3.05, 3.63) is 65.2 Å². The molecule has 2 aromatic carbocycles. The Morgan fingerprint density at radius 1 is 1.13 bits per heavy atom. The number of aryl methyl sites for hydroxylation is 1. The molecule has 0 unspecified atom stereocenters. The van der Waals surface area contributed by atoms with E-state index in [0.717, 1.165) is 24.1 Å². The fraction of sp³-hybridized carbons (Fsp3) is 0.286. The summed E-state index contributed by atoms with van der Waals surface area (Å²) in [4.78, 5) is 38.3. The predicted octanol–water partition coefficient (Wildman–Crippen LogP) is 3.67. The van der Waals surface area contributed by atoms with Gasteiger partial charge in [-0.3, -0.25) is 14.5 Å². The van der Waals surface area contributed by atoms with Gasteiger partial charge in [-0.25, -0.2) is 4.79 Å². The molecule has 2 aromatic rings. The molecule has 1 saturated heterocycles. The first-order chi connectivity index (χ1) is 14.0. The van der Waals surface area contributed by atoms with Gasteiger partial charge in [0, 0.05) is 5.69 Å². The monoisotopic (exact) mass is 419 g/mol. The number of carbonyl (C=O) groups is 3. The van der Waals surface area contributed by atoms with Crippen LogP contribution in [0.15, 0.2) is 48.5 Å². The first-order valence-electron chi connectivity index (χ1n) is 9.25. The molecule has 1 heterocycles. The zero-order chi connectivity index (χ0) is 22.1. The summed E-state index contributed by atoms with van der Waals surface area (Å²) in [5.41, 5.74) is -1.14. The van der Waals surface area contributed by atoms with Gasteiger partial charge in [0.1, 0.15) is 12.1 Å². The van der Waals surface area contributed by atoms with Gasteiger partial charge in [0.15, 0.2) is 0 Å². The van der Waals surface area contributed by atoms with Gasteiger partial charge in [0.25, 0.3) is 5.91 Å². The maximum absolute atomic E-state index is 13.0. The highest BCUT2D eigenvalue weighted by molar-refractivity contribution is 6.10. The second kappa shape index (κ2) is 7.81. The van der Waals surface area contributed by atoms with Crippen LogP contribution >= 0.6 is 0 Å². The van der Waals surface area contributed by atoms with E-state index in [1.54, 1.807) is 18.2 Å². The standard InChI is InChI=1S/C21H20F3N3O3/c1-3-13-6-4-9-16(10-13)25-17(28)12-27-18(29)20(2,26-19(27)30)14-7-5-8-15(11-14)21(22,23)24/h4-11H,3,12H2,1-2H3,(H,25,28)(H,26,30)/t20-/m0/s1. The Morgan fingerprint density at radius 2 is 1.83 bits per heavy atom. The molecular formula is C21H20F3N3O3. The number of amides is 4. The van der Waals surface area contributed by atoms with Crippen molar-refractivity contribution in [1.82, 2.24) is 10.2 Å². The number of imide groups is 1. The van der Waals surface area contributed by atoms with Crippen LogP contribution in [0, 0.1) is 0 Å². The Kier molecular flexibility index (Phi) is 5.56. The quantitative estimate of drug-likeness (QED) is 0.726. The molecule has 0 spiro atoms. The van der Waals surface area contributed by atoms with Gasteiger partial charge < -0.3 is 10.6 Å². The van der Waals surface area contributed by atoms with Crippen LogP contribution in [-0.4, -0.2) is 29.3 Å². The summed E-state index contributed by atoms with van der Waals surface area (Å²) in [7, 11) is 0. The van der Waals surface area contributed by atoms with Crippen LogP contribution in [0.25, 0.3) is 0 Å². The molecule has 1 aliphatic rings. The van der Waals surface area contributed by atoms with Crippen molar-refractivity contribution < 1.29 is 27.6 Å². The summed E-state index contributed by atoms with van der Waals surface area (Å²) in [6.45, 7) is 2.71. The van der Waals surface area contributed by atoms with Crippen LogP contribution in [-0.2, 0) is 27.7 Å². The molecule has 2 N–H and O–H groups in total. The molecule has 0 aliphatic carbocycles. The number of rotatable bonds is 5. The van der Waals surface area contributed by atoms with E-state index in [2.05, 4.69) is 10.6 Å². The first kappa shape index (κ1) is 21.4. The molecule has 9 heteroatoms. The van der Waals surface area contributed by atoms with E-state index in [4.69, 9.17) is 0 Å². The fourth-order valence-electron chi connectivity index (χ4n) is 3.26. The van der Waals surface area contributed by atoms with Crippen molar-refractivity contribution >= 4 is 23.5 Å². The Hall–Kier alpha value is -3.36. The summed E-state index contributed by atoms with van der Waals surface area (Å²) in [6.07, 6.45) is -3.82. The smallest absolute Gasteiger partial charge is 0.325 e. The molecule has 3 rings (SSSR count). The summed E-state index contributed by atoms with van der Waals surface area (Å²) >= 11 is 0. The molecule has 158 valence electrons. The average Bonchev–Trinajstić information content (AvgIpc) is 2.91. The summed E-state index contributed by atoms with van der Waals surface area (Å²) in [5, 5.41) is 5.02. The lowest BCUT2D eigenvalue weighted by molar-refractivity contribution is -0.138. The zero-order valence-corrected chi connectivity index (χ0v) is 16.3. The van der Waals surface area contributed by atoms with Gasteiger partial charge in [-0.05, 0) is 48.7 Å². The summed E-state index contributed by atoms with van der Waals surface area (Å²) in [6, 6.07) is 10.5. The minimum atomic E-state index is -4.59. The number of anilines is 1. The Labute approximate surface area is 171 Å². The van der Waals surface area contributed by atoms with E-state index in [1.807, 2.05) is 13.0 Å². The molecule has 1 atom stereocenters. The fourth-order valence-corrected chi connectivity index (χ4v) is 3.26. The molecule has 0 radical (unpaired) electrons. The summed E-state index contributed by atoms with van der Waals surface area (Å²) < 4.78 is 39.1. The predicted molar refractivity (Wildman–Crippen MR) is 103 cm³/mol. The van der Waals surface area contributed by atoms with E-state index in [1.165, 1.54) is 19.1 Å². The number of halogens is 3. The van der Waals surface area contributed by atoms with Crippen molar-refractivity contribution in [2.45, 2.75) is 32.0 Å². The zero-order valence-electron chi connectivity index (χ0n) is 16.3. The maximum atomic E-state index is 13.0. The molecular weight excluding hydrogens is 399 g/mol. The normalized spacial score (nSPS) is 19.0. The van der Waals surface area contributed by atoms with Gasteiger partial charge in [-0.15, -0.1) is 0 Å². The van der Waals surface area contributed by atoms with E-state index >= 15 is 0 Å². The molecule has 1 fully saturated rings. The minimum absolute atomic E-state index is 0.0192. The maximum Gasteiger partial charge on any atom is 0.416 e. The molecule has 4 amide bonds. The van der Waals surface area contributed by atoms with E-state index < -0.39 is 41.7 Å². The number of hydrogen-bond acceptors (Lipinski definition) is 3. The van der Waals surface area contributed by atoms with E-state index in [0.29, 0.717) is 10.6 Å². The molecule has 30 heavy (non-hydrogen) atoms. The molecule has 0 aromatic heterocycles. The molecule has 0 bridgehead atoms. The van der Waals surface area contributed by atoms with Crippen molar-refractivity contribution in [3.8, 4) is 0 Å². The van der Waals surface area contributed by atoms with Crippen LogP contribution in [0.2, 0.25) is 0 Å². The molecule has 0 saturated carbocycles. The second-order valence-electron chi connectivity index (χ2n) is 7.13. The number of hydrogen-bond donors (Lipinski definition) is 2. The lowest BCUT2D eigenvalue weighted by atomic mass is 9.90. The number of carbonyl (C=O) groups excluding carboxylic acids is 3. The van der Waals surface area contributed by atoms with Crippen LogP contribution in [0.3, 0.4) is 0 Å². The highest BCUT2D eigenvalue weighted by atomic mass is 19.4. The van der Waals surface area contributed by atoms with Gasteiger partial charge in [0.05, 0.1) is 5.56 Å². The van der Waals surface area contributed by atoms with Crippen LogP contribution in [0.4, 0.5) is 23.7 Å². The number of nitrogens with one attached hydrogen (secondary N) is 2. The third-order valence-corrected chi connectivity index (χ3v) is 4.96.